The van der Waals surface area contributed by atoms with Crippen molar-refractivity contribution in [3.63, 3.8) is 0 Å². The number of thioether (sulfide) groups is 1. The highest BCUT2D eigenvalue weighted by Gasteiger charge is 2.37. The second kappa shape index (κ2) is 7.37. The number of carbonyl (C=O) groups excluding carboxylic acids is 1. The predicted octanol–water partition coefficient (Wildman–Crippen LogP) is 1.94. The van der Waals surface area contributed by atoms with Crippen molar-refractivity contribution >= 4 is 17.7 Å². The lowest BCUT2D eigenvalue weighted by Gasteiger charge is -2.40. The molecule has 8 nitrogen and oxygen atoms in total. The number of ether oxygens (including phenoxy) is 3. The van der Waals surface area contributed by atoms with Crippen LogP contribution in [0.25, 0.3) is 0 Å². The van der Waals surface area contributed by atoms with Crippen molar-refractivity contribution in [3.05, 3.63) is 0 Å². The third kappa shape index (κ3) is 6.03. The fraction of sp³-hybridized carbons (Fsp3) is 0.867. The molecule has 0 amide bonds. The number of esters is 1. The van der Waals surface area contributed by atoms with Gasteiger partial charge in [-0.25, -0.2) is 4.68 Å². The Morgan fingerprint density at radius 3 is 2.62 bits per heavy atom. The minimum atomic E-state index is -0.742. The fourth-order valence-corrected chi connectivity index (χ4v) is 3.38. The lowest BCUT2D eigenvalue weighted by atomic mass is 10.1. The highest BCUT2D eigenvalue weighted by molar-refractivity contribution is 7.99. The number of hydrogen-bond donors (Lipinski definition) is 0. The van der Waals surface area contributed by atoms with Crippen LogP contribution in [0, 0.1) is 0 Å². The number of rotatable bonds is 5. The largest absolute Gasteiger partial charge is 0.460 e. The Morgan fingerprint density at radius 1 is 1.38 bits per heavy atom. The molecular formula is C15H26N4O4S. The molecular weight excluding hydrogens is 332 g/mol. The number of tetrazole rings is 1. The van der Waals surface area contributed by atoms with Crippen molar-refractivity contribution in [3.8, 4) is 0 Å². The zero-order valence-electron chi connectivity index (χ0n) is 15.1. The molecule has 1 saturated heterocycles. The number of hydrogen-bond acceptors (Lipinski definition) is 8. The lowest BCUT2D eigenvalue weighted by Crippen LogP contribution is -2.46. The van der Waals surface area contributed by atoms with Crippen molar-refractivity contribution in [1.29, 1.82) is 0 Å². The highest BCUT2D eigenvalue weighted by atomic mass is 32.2. The van der Waals surface area contributed by atoms with Crippen molar-refractivity contribution in [2.24, 2.45) is 7.05 Å². The van der Waals surface area contributed by atoms with Crippen LogP contribution in [0.15, 0.2) is 5.16 Å². The van der Waals surface area contributed by atoms with E-state index in [1.807, 2.05) is 34.6 Å². The molecule has 0 radical (unpaired) electrons. The summed E-state index contributed by atoms with van der Waals surface area (Å²) in [5, 5.41) is 12.1. The first-order valence-corrected chi connectivity index (χ1v) is 8.95. The highest BCUT2D eigenvalue weighted by Crippen LogP contribution is 2.31. The molecule has 1 aliphatic heterocycles. The summed E-state index contributed by atoms with van der Waals surface area (Å²) in [6.07, 6.45) is 0.562. The van der Waals surface area contributed by atoms with E-state index < -0.39 is 11.4 Å². The Hall–Kier alpha value is -1.19. The van der Waals surface area contributed by atoms with E-state index in [-0.39, 0.29) is 24.6 Å². The smallest absolute Gasteiger partial charge is 0.308 e. The molecule has 2 heterocycles. The third-order valence-electron chi connectivity index (χ3n) is 3.22. The van der Waals surface area contributed by atoms with E-state index in [4.69, 9.17) is 14.2 Å². The predicted molar refractivity (Wildman–Crippen MR) is 88.4 cm³/mol. The molecule has 0 saturated carbocycles. The maximum Gasteiger partial charge on any atom is 0.308 e. The topological polar surface area (TPSA) is 88.4 Å². The van der Waals surface area contributed by atoms with E-state index in [1.54, 1.807) is 11.7 Å². The molecule has 1 aromatic heterocycles. The first-order valence-electron chi connectivity index (χ1n) is 7.97. The summed E-state index contributed by atoms with van der Waals surface area (Å²) in [6.45, 7) is 9.28. The molecule has 1 aliphatic rings. The van der Waals surface area contributed by atoms with Crippen molar-refractivity contribution < 1.29 is 19.0 Å². The van der Waals surface area contributed by atoms with Gasteiger partial charge in [0.1, 0.15) is 5.60 Å². The van der Waals surface area contributed by atoms with Crippen molar-refractivity contribution in [2.75, 3.05) is 5.75 Å². The van der Waals surface area contributed by atoms with Crippen LogP contribution in [0.5, 0.6) is 0 Å². The van der Waals surface area contributed by atoms with E-state index in [9.17, 15) is 4.79 Å². The lowest BCUT2D eigenvalue weighted by molar-refractivity contribution is -0.295. The first-order chi connectivity index (χ1) is 11.0. The molecule has 0 unspecified atom stereocenters. The van der Waals surface area contributed by atoms with Gasteiger partial charge in [-0.3, -0.25) is 4.79 Å². The molecule has 9 heteroatoms. The van der Waals surface area contributed by atoms with Gasteiger partial charge in [-0.15, -0.1) is 5.10 Å². The summed E-state index contributed by atoms with van der Waals surface area (Å²) < 4.78 is 18.8. The quantitative estimate of drug-likeness (QED) is 0.583. The summed E-state index contributed by atoms with van der Waals surface area (Å²) in [5.41, 5.74) is -0.495. The monoisotopic (exact) mass is 358 g/mol. The van der Waals surface area contributed by atoms with E-state index in [1.165, 1.54) is 11.8 Å². The van der Waals surface area contributed by atoms with Crippen LogP contribution in [0.1, 0.15) is 47.5 Å². The average molecular weight is 358 g/mol. The zero-order chi connectivity index (χ0) is 18.0. The van der Waals surface area contributed by atoms with Crippen LogP contribution in [0.2, 0.25) is 0 Å². The number of nitrogens with zero attached hydrogens (tertiary/aromatic N) is 4. The first kappa shape index (κ1) is 19.1. The Balaban J connectivity index is 1.91. The van der Waals surface area contributed by atoms with E-state index in [0.29, 0.717) is 12.2 Å². The molecule has 0 N–H and O–H groups in total. The van der Waals surface area contributed by atoms with Crippen LogP contribution < -0.4 is 0 Å². The zero-order valence-corrected chi connectivity index (χ0v) is 15.9. The van der Waals surface area contributed by atoms with Gasteiger partial charge in [0.05, 0.1) is 18.6 Å². The van der Waals surface area contributed by atoms with Crippen molar-refractivity contribution in [1.82, 2.24) is 20.2 Å². The van der Waals surface area contributed by atoms with Crippen LogP contribution in [-0.2, 0) is 26.1 Å². The summed E-state index contributed by atoms with van der Waals surface area (Å²) in [6, 6.07) is 0. The van der Waals surface area contributed by atoms with Gasteiger partial charge in [-0.1, -0.05) is 11.8 Å². The normalized spacial score (nSPS) is 23.9. The second-order valence-corrected chi connectivity index (χ2v) is 8.29. The Morgan fingerprint density at radius 2 is 2.04 bits per heavy atom. The van der Waals surface area contributed by atoms with Gasteiger partial charge in [0.2, 0.25) is 5.16 Å². The van der Waals surface area contributed by atoms with Crippen LogP contribution >= 0.6 is 11.8 Å². The summed E-state index contributed by atoms with van der Waals surface area (Å²) in [7, 11) is 1.79. The number of aromatic nitrogens is 4. The van der Waals surface area contributed by atoms with Crippen LogP contribution in [-0.4, -0.2) is 55.5 Å². The average Bonchev–Trinajstić information content (AvgIpc) is 2.77. The van der Waals surface area contributed by atoms with Gasteiger partial charge < -0.3 is 14.2 Å². The minimum Gasteiger partial charge on any atom is -0.460 e. The van der Waals surface area contributed by atoms with Crippen LogP contribution in [0.3, 0.4) is 0 Å². The summed E-state index contributed by atoms with van der Waals surface area (Å²) in [5.74, 6) is -0.311. The molecule has 136 valence electrons. The molecule has 0 spiro atoms. The van der Waals surface area contributed by atoms with Crippen LogP contribution in [0.4, 0.5) is 0 Å². The van der Waals surface area contributed by atoms with Gasteiger partial charge in [0.25, 0.3) is 0 Å². The molecule has 0 aliphatic carbocycles. The number of aryl methyl sites for hydroxylation is 1. The fourth-order valence-electron chi connectivity index (χ4n) is 2.53. The van der Waals surface area contributed by atoms with Gasteiger partial charge in [0.15, 0.2) is 5.79 Å². The standard InChI is InChI=1S/C15H26N4O4S/c1-14(2,3)23-12(20)8-10-7-11(22-15(4,5)21-10)9-24-13-16-17-18-19(13)6/h10-11H,7-9H2,1-6H3/t10-,11+/m1/s1. The summed E-state index contributed by atoms with van der Waals surface area (Å²) >= 11 is 1.52. The SMILES string of the molecule is Cn1nnnc1SC[C@@H]1C[C@H](CC(=O)OC(C)(C)C)OC(C)(C)O1. The van der Waals surface area contributed by atoms with Gasteiger partial charge in [-0.05, 0) is 45.0 Å². The van der Waals surface area contributed by atoms with Gasteiger partial charge in [0, 0.05) is 19.2 Å². The van der Waals surface area contributed by atoms with Gasteiger partial charge >= 0.3 is 5.97 Å². The van der Waals surface area contributed by atoms with Crippen molar-refractivity contribution in [2.45, 2.75) is 76.2 Å². The minimum absolute atomic E-state index is 0.0529. The molecule has 1 aromatic rings. The summed E-state index contributed by atoms with van der Waals surface area (Å²) in [4.78, 5) is 12.1. The maximum absolute atomic E-state index is 12.1. The Bertz CT molecular complexity index is 570. The number of carbonyl (C=O) groups is 1. The molecule has 0 aromatic carbocycles. The molecule has 2 rings (SSSR count). The van der Waals surface area contributed by atoms with Gasteiger partial charge in [-0.2, -0.15) is 0 Å². The third-order valence-corrected chi connectivity index (χ3v) is 4.36. The molecule has 24 heavy (non-hydrogen) atoms. The molecule has 0 bridgehead atoms. The van der Waals surface area contributed by atoms with E-state index in [0.717, 1.165) is 5.16 Å². The second-order valence-electron chi connectivity index (χ2n) is 7.30. The van der Waals surface area contributed by atoms with E-state index >= 15 is 0 Å². The molecule has 2 atom stereocenters. The Kier molecular flexibility index (Phi) is 5.87. The molecule has 1 fully saturated rings. The Labute approximate surface area is 146 Å². The maximum atomic E-state index is 12.1. The van der Waals surface area contributed by atoms with E-state index in [2.05, 4.69) is 15.5 Å².